The van der Waals surface area contributed by atoms with Crippen molar-refractivity contribution in [1.29, 1.82) is 0 Å². The fourth-order valence-corrected chi connectivity index (χ4v) is 1.21. The molecule has 0 saturated heterocycles. The Morgan fingerprint density at radius 1 is 1.46 bits per heavy atom. The van der Waals surface area contributed by atoms with Crippen LogP contribution in [0.25, 0.3) is 0 Å². The molecule has 1 aromatic rings. The quantitative estimate of drug-likeness (QED) is 0.588. The van der Waals surface area contributed by atoms with E-state index in [1.807, 2.05) is 0 Å². The normalized spacial score (nSPS) is 12.2. The summed E-state index contributed by atoms with van der Waals surface area (Å²) >= 11 is 0. The maximum atomic E-state index is 2.31. The van der Waals surface area contributed by atoms with Crippen molar-refractivity contribution in [3.05, 3.63) is 18.7 Å². The largest absolute Gasteiger partial charge is 1.00 e. The van der Waals surface area contributed by atoms with Gasteiger partial charge in [-0.15, -0.1) is 0 Å². The molecule has 0 radical (unpaired) electrons. The summed E-state index contributed by atoms with van der Waals surface area (Å²) in [6.45, 7) is 5.71. The maximum absolute atomic E-state index is 2.31. The second kappa shape index (κ2) is 6.19. The van der Waals surface area contributed by atoms with Crippen molar-refractivity contribution in [1.82, 2.24) is 4.57 Å². The Bertz CT molecular complexity index is 233. The van der Waals surface area contributed by atoms with E-state index in [0.29, 0.717) is 0 Å². The molecule has 2 nitrogen and oxygen atoms in total. The van der Waals surface area contributed by atoms with Gasteiger partial charge in [-0.2, -0.15) is 0 Å². The maximum Gasteiger partial charge on any atom is 0.243 e. The van der Waals surface area contributed by atoms with Gasteiger partial charge in [-0.1, -0.05) is 20.3 Å². The van der Waals surface area contributed by atoms with Crippen LogP contribution >= 0.6 is 0 Å². The Morgan fingerprint density at radius 3 is 2.62 bits per heavy atom. The molecule has 0 N–H and O–H groups in total. The summed E-state index contributed by atoms with van der Waals surface area (Å²) in [6, 6.07) is 0. The van der Waals surface area contributed by atoms with Crippen LogP contribution in [0.15, 0.2) is 18.7 Å². The lowest BCUT2D eigenvalue weighted by molar-refractivity contribution is -0.671. The van der Waals surface area contributed by atoms with Gasteiger partial charge in [0.1, 0.15) is 12.4 Å². The summed E-state index contributed by atoms with van der Waals surface area (Å²) in [6.07, 6.45) is 8.90. The summed E-state index contributed by atoms with van der Waals surface area (Å²) < 4.78 is 4.32. The summed E-state index contributed by atoms with van der Waals surface area (Å²) in [7, 11) is 2.06. The van der Waals surface area contributed by atoms with Gasteiger partial charge in [-0.3, -0.25) is 0 Å². The van der Waals surface area contributed by atoms with Gasteiger partial charge in [-0.05, 0) is 12.3 Å². The molecular formula is C10H19BrN2. The van der Waals surface area contributed by atoms with Crippen LogP contribution in [0.2, 0.25) is 0 Å². The van der Waals surface area contributed by atoms with Gasteiger partial charge in [0.05, 0.1) is 13.6 Å². The fourth-order valence-electron chi connectivity index (χ4n) is 1.21. The zero-order chi connectivity index (χ0) is 8.97. The minimum absolute atomic E-state index is 0. The Hall–Kier alpha value is -0.310. The van der Waals surface area contributed by atoms with Crippen molar-refractivity contribution in [2.45, 2.75) is 33.2 Å². The van der Waals surface area contributed by atoms with Crippen molar-refractivity contribution >= 4 is 0 Å². The number of aryl methyl sites for hydroxylation is 2. The SMILES string of the molecule is CCC(C)CCn1cc[n+](C)c1.[Br-]. The minimum Gasteiger partial charge on any atom is -1.00 e. The average molecular weight is 247 g/mol. The van der Waals surface area contributed by atoms with Gasteiger partial charge in [0, 0.05) is 0 Å². The second-order valence-corrected chi connectivity index (χ2v) is 3.62. The predicted molar refractivity (Wildman–Crippen MR) is 49.7 cm³/mol. The van der Waals surface area contributed by atoms with E-state index in [9.17, 15) is 0 Å². The van der Waals surface area contributed by atoms with Crippen LogP contribution in [0, 0.1) is 5.92 Å². The molecule has 0 saturated carbocycles. The Labute approximate surface area is 91.3 Å². The third-order valence-electron chi connectivity index (χ3n) is 2.40. The molecule has 0 fully saturated rings. The van der Waals surface area contributed by atoms with Crippen LogP contribution < -0.4 is 21.5 Å². The van der Waals surface area contributed by atoms with Crippen molar-refractivity contribution in [3.63, 3.8) is 0 Å². The third-order valence-corrected chi connectivity index (χ3v) is 2.40. The molecule has 1 rings (SSSR count). The van der Waals surface area contributed by atoms with E-state index in [2.05, 4.69) is 48.8 Å². The fraction of sp³-hybridized carbons (Fsp3) is 0.700. The number of hydrogen-bond acceptors (Lipinski definition) is 0. The topological polar surface area (TPSA) is 8.81 Å². The second-order valence-electron chi connectivity index (χ2n) is 3.62. The molecule has 1 heterocycles. The zero-order valence-corrected chi connectivity index (χ0v) is 10.3. The first-order valence-corrected chi connectivity index (χ1v) is 4.73. The molecule has 1 unspecified atom stereocenters. The number of halogens is 1. The third kappa shape index (κ3) is 4.46. The number of imidazole rings is 1. The predicted octanol–water partition coefficient (Wildman–Crippen LogP) is -1.25. The van der Waals surface area contributed by atoms with Gasteiger partial charge in [0.2, 0.25) is 6.33 Å². The highest BCUT2D eigenvalue weighted by Gasteiger charge is 2.03. The average Bonchev–Trinajstić information content (AvgIpc) is 2.47. The first-order chi connectivity index (χ1) is 5.72. The van der Waals surface area contributed by atoms with Crippen LogP contribution in [-0.4, -0.2) is 4.57 Å². The first-order valence-electron chi connectivity index (χ1n) is 4.73. The van der Waals surface area contributed by atoms with Gasteiger partial charge in [0.15, 0.2) is 0 Å². The molecule has 76 valence electrons. The van der Waals surface area contributed by atoms with Crippen LogP contribution in [0.5, 0.6) is 0 Å². The van der Waals surface area contributed by atoms with Crippen molar-refractivity contribution < 1.29 is 21.5 Å². The van der Waals surface area contributed by atoms with Crippen molar-refractivity contribution in [2.75, 3.05) is 0 Å². The highest BCUT2D eigenvalue weighted by atomic mass is 79.9. The molecule has 0 aliphatic heterocycles. The zero-order valence-electron chi connectivity index (χ0n) is 8.70. The molecule has 0 aliphatic rings. The lowest BCUT2D eigenvalue weighted by Crippen LogP contribution is -3.00. The summed E-state index contributed by atoms with van der Waals surface area (Å²) in [5, 5.41) is 0. The smallest absolute Gasteiger partial charge is 0.243 e. The minimum atomic E-state index is 0. The van der Waals surface area contributed by atoms with Crippen LogP contribution in [-0.2, 0) is 13.6 Å². The van der Waals surface area contributed by atoms with E-state index in [4.69, 9.17) is 0 Å². The van der Waals surface area contributed by atoms with Gasteiger partial charge >= 0.3 is 0 Å². The Kier molecular flexibility index (Phi) is 6.04. The number of rotatable bonds is 4. The molecular weight excluding hydrogens is 228 g/mol. The van der Waals surface area contributed by atoms with Gasteiger partial charge in [-0.25, -0.2) is 9.13 Å². The van der Waals surface area contributed by atoms with Gasteiger partial charge in [0.25, 0.3) is 0 Å². The Balaban J connectivity index is 0.00000144. The molecule has 1 atom stereocenters. The lowest BCUT2D eigenvalue weighted by atomic mass is 10.1. The highest BCUT2D eigenvalue weighted by Crippen LogP contribution is 2.07. The van der Waals surface area contributed by atoms with E-state index in [0.717, 1.165) is 12.5 Å². The molecule has 0 amide bonds. The summed E-state index contributed by atoms with van der Waals surface area (Å²) in [5.74, 6) is 0.845. The molecule has 0 aliphatic carbocycles. The monoisotopic (exact) mass is 246 g/mol. The van der Waals surface area contributed by atoms with E-state index >= 15 is 0 Å². The van der Waals surface area contributed by atoms with E-state index in [1.165, 1.54) is 12.8 Å². The Morgan fingerprint density at radius 2 is 2.15 bits per heavy atom. The van der Waals surface area contributed by atoms with Gasteiger partial charge < -0.3 is 17.0 Å². The van der Waals surface area contributed by atoms with E-state index in [-0.39, 0.29) is 17.0 Å². The number of hydrogen-bond donors (Lipinski definition) is 0. The van der Waals surface area contributed by atoms with Crippen LogP contribution in [0.3, 0.4) is 0 Å². The highest BCUT2D eigenvalue weighted by molar-refractivity contribution is 4.66. The summed E-state index contributed by atoms with van der Waals surface area (Å²) in [5.41, 5.74) is 0. The molecule has 0 bridgehead atoms. The molecule has 13 heavy (non-hydrogen) atoms. The van der Waals surface area contributed by atoms with Crippen molar-refractivity contribution in [3.8, 4) is 0 Å². The van der Waals surface area contributed by atoms with Crippen molar-refractivity contribution in [2.24, 2.45) is 13.0 Å². The molecule has 0 aromatic carbocycles. The van der Waals surface area contributed by atoms with E-state index < -0.39 is 0 Å². The molecule has 0 spiro atoms. The number of aromatic nitrogens is 2. The standard InChI is InChI=1S/C10H19N2.BrH/c1-4-10(2)5-6-12-8-7-11(3)9-12;/h7-10H,4-6H2,1-3H3;1H/q+1;/p-1. The molecule has 3 heteroatoms. The van der Waals surface area contributed by atoms with Crippen LogP contribution in [0.1, 0.15) is 26.7 Å². The van der Waals surface area contributed by atoms with Crippen LogP contribution in [0.4, 0.5) is 0 Å². The first kappa shape index (κ1) is 12.7. The molecule has 1 aromatic heterocycles. The lowest BCUT2D eigenvalue weighted by Gasteiger charge is -2.04. The number of nitrogens with zero attached hydrogens (tertiary/aromatic N) is 2. The summed E-state index contributed by atoms with van der Waals surface area (Å²) in [4.78, 5) is 0. The van der Waals surface area contributed by atoms with E-state index in [1.54, 1.807) is 0 Å².